The molecule has 126 valence electrons. The first-order valence-corrected chi connectivity index (χ1v) is 7.98. The van der Waals surface area contributed by atoms with Crippen LogP contribution in [0.1, 0.15) is 24.2 Å². The molecule has 0 spiro atoms. The molecule has 0 radical (unpaired) electrons. The quantitative estimate of drug-likeness (QED) is 0.619. The number of hydrogen-bond donors (Lipinski definition) is 3. The Morgan fingerprint density at radius 1 is 1.21 bits per heavy atom. The van der Waals surface area contributed by atoms with Crippen molar-refractivity contribution in [2.24, 2.45) is 5.73 Å². The van der Waals surface area contributed by atoms with E-state index in [9.17, 15) is 9.90 Å². The fourth-order valence-corrected chi connectivity index (χ4v) is 2.33. The second-order valence-electron chi connectivity index (χ2n) is 5.46. The Kier molecular flexibility index (Phi) is 5.83. The smallest absolute Gasteiger partial charge is 0.336 e. The van der Waals surface area contributed by atoms with Crippen LogP contribution in [-0.2, 0) is 0 Å². The van der Waals surface area contributed by atoms with E-state index in [1.54, 1.807) is 30.3 Å². The maximum Gasteiger partial charge on any atom is 0.336 e. The molecule has 5 nitrogen and oxygen atoms in total. The largest absolute Gasteiger partial charge is 0.478 e. The number of imidazole rings is 1. The third kappa shape index (κ3) is 4.26. The number of carboxylic acids is 1. The van der Waals surface area contributed by atoms with E-state index in [-0.39, 0.29) is 5.56 Å². The predicted octanol–water partition coefficient (Wildman–Crippen LogP) is 4.59. The SMILES string of the molecule is CC(C)N.O=C(O)c1ccccc1-c1nc2cc(Cl)c(Cl)cc2[nH]1. The van der Waals surface area contributed by atoms with Gasteiger partial charge in [0.05, 0.1) is 26.6 Å². The van der Waals surface area contributed by atoms with E-state index in [2.05, 4.69) is 9.97 Å². The summed E-state index contributed by atoms with van der Waals surface area (Å²) in [7, 11) is 0. The van der Waals surface area contributed by atoms with Gasteiger partial charge in [0.25, 0.3) is 0 Å². The first-order chi connectivity index (χ1) is 11.3. The van der Waals surface area contributed by atoms with Crippen molar-refractivity contribution in [3.05, 3.63) is 52.0 Å². The summed E-state index contributed by atoms with van der Waals surface area (Å²) in [4.78, 5) is 18.7. The summed E-state index contributed by atoms with van der Waals surface area (Å²) >= 11 is 11.9. The number of H-pyrrole nitrogens is 1. The Hall–Kier alpha value is -2.08. The van der Waals surface area contributed by atoms with Gasteiger partial charge < -0.3 is 15.8 Å². The van der Waals surface area contributed by atoms with Crippen LogP contribution >= 0.6 is 23.2 Å². The van der Waals surface area contributed by atoms with Crippen molar-refractivity contribution in [1.82, 2.24) is 9.97 Å². The molecule has 0 bridgehead atoms. The van der Waals surface area contributed by atoms with Crippen LogP contribution in [0, 0.1) is 0 Å². The average Bonchev–Trinajstić information content (AvgIpc) is 2.89. The van der Waals surface area contributed by atoms with Crippen molar-refractivity contribution < 1.29 is 9.90 Å². The Morgan fingerprint density at radius 2 is 1.79 bits per heavy atom. The van der Waals surface area contributed by atoms with Gasteiger partial charge in [0.15, 0.2) is 0 Å². The molecule has 0 atom stereocenters. The molecule has 3 aromatic rings. The molecular weight excluding hydrogens is 349 g/mol. The summed E-state index contributed by atoms with van der Waals surface area (Å²) in [6.45, 7) is 3.89. The number of nitrogens with one attached hydrogen (secondary N) is 1. The molecule has 0 aliphatic heterocycles. The number of fused-ring (bicyclic) bond motifs is 1. The molecular formula is C17H17Cl2N3O2. The summed E-state index contributed by atoms with van der Waals surface area (Å²) < 4.78 is 0. The number of aromatic amines is 1. The Morgan fingerprint density at radius 3 is 2.42 bits per heavy atom. The molecule has 0 saturated heterocycles. The number of hydrogen-bond acceptors (Lipinski definition) is 3. The number of halogens is 2. The van der Waals surface area contributed by atoms with Gasteiger partial charge in [-0.05, 0) is 24.2 Å². The van der Waals surface area contributed by atoms with Crippen LogP contribution in [0.25, 0.3) is 22.4 Å². The number of nitrogens with two attached hydrogens (primary N) is 1. The minimum atomic E-state index is -1.00. The average molecular weight is 366 g/mol. The lowest BCUT2D eigenvalue weighted by Crippen LogP contribution is -2.06. The monoisotopic (exact) mass is 365 g/mol. The van der Waals surface area contributed by atoms with Gasteiger partial charge in [-0.15, -0.1) is 0 Å². The highest BCUT2D eigenvalue weighted by atomic mass is 35.5. The van der Waals surface area contributed by atoms with E-state index in [4.69, 9.17) is 28.9 Å². The second kappa shape index (κ2) is 7.66. The van der Waals surface area contributed by atoms with E-state index in [1.165, 1.54) is 6.07 Å². The number of aromatic carboxylic acids is 1. The summed E-state index contributed by atoms with van der Waals surface area (Å²) in [6, 6.07) is 10.3. The van der Waals surface area contributed by atoms with Crippen LogP contribution in [0.5, 0.6) is 0 Å². The van der Waals surface area contributed by atoms with Crippen LogP contribution in [0.4, 0.5) is 0 Å². The molecule has 2 aromatic carbocycles. The van der Waals surface area contributed by atoms with Gasteiger partial charge in [-0.3, -0.25) is 0 Å². The van der Waals surface area contributed by atoms with Crippen molar-refractivity contribution in [2.75, 3.05) is 0 Å². The first-order valence-electron chi connectivity index (χ1n) is 7.22. The van der Waals surface area contributed by atoms with Crippen LogP contribution in [0.2, 0.25) is 10.0 Å². The molecule has 7 heteroatoms. The fourth-order valence-electron chi connectivity index (χ4n) is 2.01. The fraction of sp³-hybridized carbons (Fsp3) is 0.176. The third-order valence-corrected chi connectivity index (χ3v) is 3.66. The maximum absolute atomic E-state index is 11.2. The molecule has 1 heterocycles. The molecule has 0 unspecified atom stereocenters. The topological polar surface area (TPSA) is 92.0 Å². The molecule has 0 aliphatic carbocycles. The van der Waals surface area contributed by atoms with Gasteiger partial charge >= 0.3 is 5.97 Å². The number of carbonyl (C=O) groups is 1. The molecule has 0 saturated carbocycles. The predicted molar refractivity (Wildman–Crippen MR) is 97.8 cm³/mol. The van der Waals surface area contributed by atoms with Gasteiger partial charge in [0.1, 0.15) is 5.82 Å². The number of rotatable bonds is 2. The van der Waals surface area contributed by atoms with Gasteiger partial charge in [0.2, 0.25) is 0 Å². The van der Waals surface area contributed by atoms with E-state index < -0.39 is 5.97 Å². The van der Waals surface area contributed by atoms with E-state index in [0.717, 1.165) is 0 Å². The minimum Gasteiger partial charge on any atom is -0.478 e. The summed E-state index contributed by atoms with van der Waals surface area (Å²) in [6.07, 6.45) is 0. The number of nitrogens with zero attached hydrogens (tertiary/aromatic N) is 1. The maximum atomic E-state index is 11.2. The molecule has 24 heavy (non-hydrogen) atoms. The Bertz CT molecular complexity index is 834. The summed E-state index contributed by atoms with van der Waals surface area (Å²) in [5, 5.41) is 10.0. The van der Waals surface area contributed by atoms with Crippen molar-refractivity contribution >= 4 is 40.2 Å². The normalized spacial score (nSPS) is 10.6. The Balaban J connectivity index is 0.000000471. The van der Waals surface area contributed by atoms with Gasteiger partial charge in [0, 0.05) is 5.56 Å². The summed E-state index contributed by atoms with van der Waals surface area (Å²) in [5.41, 5.74) is 7.15. The number of benzene rings is 2. The van der Waals surface area contributed by atoms with Crippen LogP contribution in [-0.4, -0.2) is 27.1 Å². The van der Waals surface area contributed by atoms with Gasteiger partial charge in [-0.1, -0.05) is 55.2 Å². The molecule has 0 fully saturated rings. The van der Waals surface area contributed by atoms with Crippen molar-refractivity contribution in [2.45, 2.75) is 19.9 Å². The standard InChI is InChI=1S/C14H8Cl2N2O2.C3H9N/c15-9-5-11-12(6-10(9)16)18-13(17-11)7-3-1-2-4-8(7)14(19)20;1-3(2)4/h1-6H,(H,17,18)(H,19,20);3H,4H2,1-2H3. The number of carboxylic acid groups (broad SMARTS) is 1. The van der Waals surface area contributed by atoms with Crippen molar-refractivity contribution in [1.29, 1.82) is 0 Å². The minimum absolute atomic E-state index is 0.184. The zero-order valence-corrected chi connectivity index (χ0v) is 14.7. The third-order valence-electron chi connectivity index (χ3n) is 2.94. The zero-order valence-electron chi connectivity index (χ0n) is 13.2. The van der Waals surface area contributed by atoms with E-state index in [0.29, 0.717) is 38.5 Å². The number of aromatic nitrogens is 2. The Labute approximate surface area is 149 Å². The van der Waals surface area contributed by atoms with Gasteiger partial charge in [-0.25, -0.2) is 9.78 Å². The highest BCUT2D eigenvalue weighted by molar-refractivity contribution is 6.42. The summed E-state index contributed by atoms with van der Waals surface area (Å²) in [5.74, 6) is -0.534. The highest BCUT2D eigenvalue weighted by Crippen LogP contribution is 2.29. The molecule has 1 aromatic heterocycles. The lowest BCUT2D eigenvalue weighted by atomic mass is 10.1. The van der Waals surface area contributed by atoms with Crippen molar-refractivity contribution in [3.8, 4) is 11.4 Å². The van der Waals surface area contributed by atoms with Crippen molar-refractivity contribution in [3.63, 3.8) is 0 Å². The van der Waals surface area contributed by atoms with Crippen LogP contribution in [0.3, 0.4) is 0 Å². The van der Waals surface area contributed by atoms with Crippen LogP contribution < -0.4 is 5.73 Å². The zero-order chi connectivity index (χ0) is 17.9. The molecule has 4 N–H and O–H groups in total. The van der Waals surface area contributed by atoms with Crippen LogP contribution in [0.15, 0.2) is 36.4 Å². The van der Waals surface area contributed by atoms with Gasteiger partial charge in [-0.2, -0.15) is 0 Å². The highest BCUT2D eigenvalue weighted by Gasteiger charge is 2.14. The first kappa shape index (κ1) is 18.3. The molecule has 3 rings (SSSR count). The van der Waals surface area contributed by atoms with E-state index >= 15 is 0 Å². The molecule has 0 amide bonds. The lowest BCUT2D eigenvalue weighted by molar-refractivity contribution is 0.0697. The molecule has 0 aliphatic rings. The lowest BCUT2D eigenvalue weighted by Gasteiger charge is -2.01. The van der Waals surface area contributed by atoms with E-state index in [1.807, 2.05) is 13.8 Å². The second-order valence-corrected chi connectivity index (χ2v) is 6.28.